The molecule has 2 amide bonds. The summed E-state index contributed by atoms with van der Waals surface area (Å²) in [6.07, 6.45) is -1.12. The SMILES string of the molecule is CN(C)C(=O)Oc1cc(OC(=O)N(C)C)cc(C(CO)NC(C)(C)C)c1. The molecule has 0 saturated carbocycles. The lowest BCUT2D eigenvalue weighted by Gasteiger charge is -2.28. The van der Waals surface area contributed by atoms with Gasteiger partial charge in [0.1, 0.15) is 11.5 Å². The van der Waals surface area contributed by atoms with Crippen molar-refractivity contribution >= 4 is 12.2 Å². The summed E-state index contributed by atoms with van der Waals surface area (Å²) in [4.78, 5) is 26.3. The van der Waals surface area contributed by atoms with Crippen molar-refractivity contribution in [3.8, 4) is 11.5 Å². The molecule has 8 heteroatoms. The van der Waals surface area contributed by atoms with E-state index in [0.29, 0.717) is 5.56 Å². The number of hydrogen-bond acceptors (Lipinski definition) is 6. The summed E-state index contributed by atoms with van der Waals surface area (Å²) in [5, 5.41) is 13.0. The molecule has 0 aliphatic carbocycles. The molecule has 1 aromatic carbocycles. The third kappa shape index (κ3) is 6.89. The average Bonchev–Trinajstić information content (AvgIpc) is 2.51. The number of aliphatic hydroxyl groups is 1. The average molecular weight is 367 g/mol. The first-order valence-electron chi connectivity index (χ1n) is 8.24. The minimum atomic E-state index is -0.559. The Labute approximate surface area is 154 Å². The summed E-state index contributed by atoms with van der Waals surface area (Å²) in [6, 6.07) is 4.30. The molecule has 0 aliphatic rings. The monoisotopic (exact) mass is 367 g/mol. The first-order chi connectivity index (χ1) is 11.9. The number of carbonyl (C=O) groups is 2. The van der Waals surface area contributed by atoms with Crippen molar-refractivity contribution in [2.75, 3.05) is 34.8 Å². The van der Waals surface area contributed by atoms with Crippen molar-refractivity contribution in [3.63, 3.8) is 0 Å². The predicted molar refractivity (Wildman–Crippen MR) is 98.6 cm³/mol. The number of nitrogens with one attached hydrogen (secondary N) is 1. The van der Waals surface area contributed by atoms with Gasteiger partial charge in [-0.3, -0.25) is 0 Å². The van der Waals surface area contributed by atoms with Gasteiger partial charge in [-0.15, -0.1) is 0 Å². The van der Waals surface area contributed by atoms with Gasteiger partial charge in [0.05, 0.1) is 12.6 Å². The zero-order chi connectivity index (χ0) is 20.1. The van der Waals surface area contributed by atoms with Gasteiger partial charge in [-0.2, -0.15) is 0 Å². The molecule has 0 fully saturated rings. The number of rotatable bonds is 5. The normalized spacial score (nSPS) is 12.3. The number of benzene rings is 1. The van der Waals surface area contributed by atoms with Crippen LogP contribution in [0.2, 0.25) is 0 Å². The Hall–Kier alpha value is -2.32. The Bertz CT molecular complexity index is 598. The second-order valence-electron chi connectivity index (χ2n) is 7.39. The quantitative estimate of drug-likeness (QED) is 0.829. The Kier molecular flexibility index (Phi) is 7.41. The van der Waals surface area contributed by atoms with Crippen LogP contribution in [0.4, 0.5) is 9.59 Å². The molecular weight excluding hydrogens is 338 g/mol. The molecule has 0 aliphatic heterocycles. The van der Waals surface area contributed by atoms with Crippen LogP contribution in [-0.2, 0) is 0 Å². The van der Waals surface area contributed by atoms with E-state index in [1.165, 1.54) is 15.9 Å². The van der Waals surface area contributed by atoms with Crippen LogP contribution >= 0.6 is 0 Å². The van der Waals surface area contributed by atoms with Crippen LogP contribution in [0, 0.1) is 0 Å². The van der Waals surface area contributed by atoms with Gasteiger partial charge in [0.2, 0.25) is 0 Å². The molecule has 146 valence electrons. The van der Waals surface area contributed by atoms with Gasteiger partial charge in [-0.25, -0.2) is 9.59 Å². The van der Waals surface area contributed by atoms with Gasteiger partial charge in [0, 0.05) is 39.8 Å². The molecule has 0 aromatic heterocycles. The largest absolute Gasteiger partial charge is 0.414 e. The van der Waals surface area contributed by atoms with Crippen LogP contribution in [0.25, 0.3) is 0 Å². The van der Waals surface area contributed by atoms with Crippen molar-refractivity contribution in [3.05, 3.63) is 23.8 Å². The minimum absolute atomic E-state index is 0.177. The Morgan fingerprint density at radius 2 is 1.42 bits per heavy atom. The first kappa shape index (κ1) is 21.7. The number of aliphatic hydroxyl groups excluding tert-OH is 1. The third-order valence-electron chi connectivity index (χ3n) is 3.24. The fourth-order valence-electron chi connectivity index (χ4n) is 2.05. The third-order valence-corrected chi connectivity index (χ3v) is 3.24. The minimum Gasteiger partial charge on any atom is -0.410 e. The van der Waals surface area contributed by atoms with Gasteiger partial charge in [0.25, 0.3) is 0 Å². The smallest absolute Gasteiger partial charge is 0.410 e. The highest BCUT2D eigenvalue weighted by Crippen LogP contribution is 2.28. The lowest BCUT2D eigenvalue weighted by atomic mass is 10.0. The van der Waals surface area contributed by atoms with E-state index in [2.05, 4.69) is 5.32 Å². The molecule has 0 bridgehead atoms. The van der Waals surface area contributed by atoms with Crippen molar-refractivity contribution in [2.45, 2.75) is 32.4 Å². The van der Waals surface area contributed by atoms with E-state index in [-0.39, 0.29) is 23.6 Å². The van der Waals surface area contributed by atoms with Crippen LogP contribution in [0.1, 0.15) is 32.4 Å². The van der Waals surface area contributed by atoms with Crippen LogP contribution in [0.15, 0.2) is 18.2 Å². The van der Waals surface area contributed by atoms with E-state index < -0.39 is 18.2 Å². The highest BCUT2D eigenvalue weighted by molar-refractivity contribution is 5.72. The summed E-state index contributed by atoms with van der Waals surface area (Å²) in [6.45, 7) is 5.74. The van der Waals surface area contributed by atoms with Crippen LogP contribution in [-0.4, -0.2) is 67.4 Å². The van der Waals surface area contributed by atoms with Crippen molar-refractivity contribution < 1.29 is 24.2 Å². The van der Waals surface area contributed by atoms with E-state index >= 15 is 0 Å². The molecular formula is C18H29N3O5. The summed E-state index contributed by atoms with van der Waals surface area (Å²) >= 11 is 0. The molecule has 2 N–H and O–H groups in total. The molecule has 0 radical (unpaired) electrons. The summed E-state index contributed by atoms with van der Waals surface area (Å²) in [5.74, 6) is 0.439. The maximum Gasteiger partial charge on any atom is 0.414 e. The number of ether oxygens (including phenoxy) is 2. The highest BCUT2D eigenvalue weighted by atomic mass is 16.6. The van der Waals surface area contributed by atoms with Crippen molar-refractivity contribution in [1.82, 2.24) is 15.1 Å². The van der Waals surface area contributed by atoms with Crippen LogP contribution < -0.4 is 14.8 Å². The van der Waals surface area contributed by atoms with Crippen molar-refractivity contribution in [1.29, 1.82) is 0 Å². The van der Waals surface area contributed by atoms with Crippen molar-refractivity contribution in [2.24, 2.45) is 0 Å². The lowest BCUT2D eigenvalue weighted by molar-refractivity contribution is 0.169. The second-order valence-corrected chi connectivity index (χ2v) is 7.39. The van der Waals surface area contributed by atoms with E-state index in [1.54, 1.807) is 40.3 Å². The first-order valence-corrected chi connectivity index (χ1v) is 8.24. The molecule has 0 saturated heterocycles. The standard InChI is InChI=1S/C18H29N3O5/c1-18(2,3)19-15(11-22)12-8-13(25-16(23)20(4)5)10-14(9-12)26-17(24)21(6)7/h8-10,15,19,22H,11H2,1-7H3. The molecule has 1 unspecified atom stereocenters. The maximum absolute atomic E-state index is 11.9. The predicted octanol–water partition coefficient (Wildman–Crippen LogP) is 2.23. The van der Waals surface area contributed by atoms with E-state index in [0.717, 1.165) is 0 Å². The fraction of sp³-hybridized carbons (Fsp3) is 0.556. The zero-order valence-corrected chi connectivity index (χ0v) is 16.5. The molecule has 26 heavy (non-hydrogen) atoms. The molecule has 1 aromatic rings. The van der Waals surface area contributed by atoms with Crippen LogP contribution in [0.5, 0.6) is 11.5 Å². The van der Waals surface area contributed by atoms with Crippen LogP contribution in [0.3, 0.4) is 0 Å². The molecule has 0 spiro atoms. The molecule has 1 rings (SSSR count). The van der Waals surface area contributed by atoms with E-state index in [4.69, 9.17) is 9.47 Å². The lowest BCUT2D eigenvalue weighted by Crippen LogP contribution is -2.40. The molecule has 1 atom stereocenters. The van der Waals surface area contributed by atoms with E-state index in [9.17, 15) is 14.7 Å². The fourth-order valence-corrected chi connectivity index (χ4v) is 2.05. The Morgan fingerprint density at radius 3 is 1.73 bits per heavy atom. The van der Waals surface area contributed by atoms with Gasteiger partial charge < -0.3 is 29.7 Å². The Balaban J connectivity index is 3.25. The number of hydrogen-bond donors (Lipinski definition) is 2. The van der Waals surface area contributed by atoms with Gasteiger partial charge in [-0.05, 0) is 38.5 Å². The number of carbonyl (C=O) groups excluding carboxylic acids is 2. The zero-order valence-electron chi connectivity index (χ0n) is 16.5. The number of nitrogens with zero attached hydrogens (tertiary/aromatic N) is 2. The van der Waals surface area contributed by atoms with Gasteiger partial charge in [0.15, 0.2) is 0 Å². The Morgan fingerprint density at radius 1 is 1.00 bits per heavy atom. The summed E-state index contributed by atoms with van der Waals surface area (Å²) in [5.41, 5.74) is 0.373. The topological polar surface area (TPSA) is 91.3 Å². The molecule has 0 heterocycles. The summed E-state index contributed by atoms with van der Waals surface area (Å²) < 4.78 is 10.6. The highest BCUT2D eigenvalue weighted by Gasteiger charge is 2.21. The number of amides is 2. The maximum atomic E-state index is 11.9. The molecule has 8 nitrogen and oxygen atoms in total. The second kappa shape index (κ2) is 8.86. The summed E-state index contributed by atoms with van der Waals surface area (Å²) in [7, 11) is 6.27. The van der Waals surface area contributed by atoms with Gasteiger partial charge >= 0.3 is 12.2 Å². The van der Waals surface area contributed by atoms with E-state index in [1.807, 2.05) is 20.8 Å². The van der Waals surface area contributed by atoms with Gasteiger partial charge in [-0.1, -0.05) is 0 Å².